The second-order valence-electron chi connectivity index (χ2n) is 4.36. The maximum absolute atomic E-state index is 12.7. The van der Waals surface area contributed by atoms with E-state index in [0.29, 0.717) is 5.16 Å². The Hall–Kier alpha value is -1.21. The van der Waals surface area contributed by atoms with Crippen LogP contribution in [0.1, 0.15) is 25.3 Å². The van der Waals surface area contributed by atoms with E-state index in [1.54, 1.807) is 0 Å². The van der Waals surface area contributed by atoms with Crippen LogP contribution in [0.2, 0.25) is 5.02 Å². The molecule has 8 heteroatoms. The summed E-state index contributed by atoms with van der Waals surface area (Å²) in [6.45, 7) is 2.08. The van der Waals surface area contributed by atoms with E-state index in [4.69, 9.17) is 11.6 Å². The molecule has 0 bridgehead atoms. The number of aromatic nitrogens is 3. The molecule has 1 aromatic heterocycles. The Morgan fingerprint density at radius 2 is 2.10 bits per heavy atom. The zero-order chi connectivity index (χ0) is 15.5. The Labute approximate surface area is 129 Å². The van der Waals surface area contributed by atoms with E-state index in [-0.39, 0.29) is 16.4 Å². The van der Waals surface area contributed by atoms with Crippen molar-refractivity contribution in [2.75, 3.05) is 5.75 Å². The van der Waals surface area contributed by atoms with Crippen LogP contribution in [0.5, 0.6) is 0 Å². The van der Waals surface area contributed by atoms with Crippen LogP contribution in [0, 0.1) is 0 Å². The molecule has 2 aromatic rings. The van der Waals surface area contributed by atoms with Gasteiger partial charge in [0, 0.05) is 11.3 Å². The van der Waals surface area contributed by atoms with Crippen molar-refractivity contribution in [3.8, 4) is 11.4 Å². The summed E-state index contributed by atoms with van der Waals surface area (Å²) in [7, 11) is 0. The molecule has 0 unspecified atom stereocenters. The van der Waals surface area contributed by atoms with E-state index < -0.39 is 11.7 Å². The highest BCUT2D eigenvalue weighted by molar-refractivity contribution is 7.99. The predicted octanol–water partition coefficient (Wildman–Crippen LogP) is 5.04. The number of hydrogen-bond acceptors (Lipinski definition) is 3. The number of nitrogens with zero attached hydrogens (tertiary/aromatic N) is 2. The lowest BCUT2D eigenvalue weighted by Gasteiger charge is -2.08. The zero-order valence-electron chi connectivity index (χ0n) is 11.2. The van der Waals surface area contributed by atoms with E-state index in [0.717, 1.165) is 30.7 Å². The summed E-state index contributed by atoms with van der Waals surface area (Å²) in [5.74, 6) is 1.11. The molecule has 0 radical (unpaired) electrons. The van der Waals surface area contributed by atoms with Crippen LogP contribution in [-0.4, -0.2) is 20.9 Å². The molecular formula is C13H13ClF3N3S. The van der Waals surface area contributed by atoms with Crippen molar-refractivity contribution in [3.05, 3.63) is 28.8 Å². The molecule has 0 aliphatic rings. The minimum atomic E-state index is -4.42. The number of nitrogens with one attached hydrogen (secondary N) is 1. The van der Waals surface area contributed by atoms with Crippen molar-refractivity contribution < 1.29 is 13.2 Å². The lowest BCUT2D eigenvalue weighted by atomic mass is 10.1. The van der Waals surface area contributed by atoms with E-state index in [9.17, 15) is 13.2 Å². The molecular weight excluding hydrogens is 323 g/mol. The SMILES string of the molecule is CCCCSc1n[nH]c(-c2cc(C(F)(F)F)ccc2Cl)n1. The summed E-state index contributed by atoms with van der Waals surface area (Å²) >= 11 is 7.41. The molecule has 0 amide bonds. The Balaban J connectivity index is 2.25. The van der Waals surface area contributed by atoms with Gasteiger partial charge in [0.1, 0.15) is 0 Å². The number of H-pyrrole nitrogens is 1. The molecule has 0 atom stereocenters. The highest BCUT2D eigenvalue weighted by Crippen LogP contribution is 2.35. The van der Waals surface area contributed by atoms with Crippen LogP contribution in [0.4, 0.5) is 13.2 Å². The number of unbranched alkanes of at least 4 members (excludes halogenated alkanes) is 1. The summed E-state index contributed by atoms with van der Waals surface area (Å²) in [6, 6.07) is 3.13. The van der Waals surface area contributed by atoms with Gasteiger partial charge in [0.25, 0.3) is 0 Å². The van der Waals surface area contributed by atoms with E-state index >= 15 is 0 Å². The molecule has 0 aliphatic heterocycles. The Morgan fingerprint density at radius 3 is 2.76 bits per heavy atom. The third-order valence-corrected chi connectivity index (χ3v) is 4.01. The molecule has 2 rings (SSSR count). The summed E-state index contributed by atoms with van der Waals surface area (Å²) in [5, 5.41) is 7.32. The van der Waals surface area contributed by atoms with E-state index in [1.807, 2.05) is 0 Å². The average molecular weight is 336 g/mol. The van der Waals surface area contributed by atoms with Crippen molar-refractivity contribution in [1.29, 1.82) is 0 Å². The first-order valence-electron chi connectivity index (χ1n) is 6.34. The van der Waals surface area contributed by atoms with Crippen LogP contribution >= 0.6 is 23.4 Å². The van der Waals surface area contributed by atoms with Gasteiger partial charge in [0.2, 0.25) is 5.16 Å². The number of benzene rings is 1. The number of halogens is 4. The topological polar surface area (TPSA) is 41.6 Å². The van der Waals surface area contributed by atoms with Gasteiger partial charge in [-0.15, -0.1) is 5.10 Å². The van der Waals surface area contributed by atoms with Crippen LogP contribution in [0.3, 0.4) is 0 Å². The zero-order valence-corrected chi connectivity index (χ0v) is 12.7. The second kappa shape index (κ2) is 6.70. The smallest absolute Gasteiger partial charge is 0.258 e. The first kappa shape index (κ1) is 16.2. The average Bonchev–Trinajstić information content (AvgIpc) is 2.87. The Kier molecular flexibility index (Phi) is 5.16. The normalized spacial score (nSPS) is 11.9. The molecule has 1 N–H and O–H groups in total. The molecule has 114 valence electrons. The van der Waals surface area contributed by atoms with Crippen molar-refractivity contribution in [3.63, 3.8) is 0 Å². The maximum atomic E-state index is 12.7. The Morgan fingerprint density at radius 1 is 1.33 bits per heavy atom. The third-order valence-electron chi connectivity index (χ3n) is 2.74. The lowest BCUT2D eigenvalue weighted by Crippen LogP contribution is -2.04. The fourth-order valence-corrected chi connectivity index (χ4v) is 2.71. The minimum absolute atomic E-state index is 0.196. The quantitative estimate of drug-likeness (QED) is 0.615. The summed E-state index contributed by atoms with van der Waals surface area (Å²) in [4.78, 5) is 4.18. The molecule has 0 aliphatic carbocycles. The molecule has 21 heavy (non-hydrogen) atoms. The Bertz CT molecular complexity index is 613. The number of aromatic amines is 1. The van der Waals surface area contributed by atoms with Gasteiger partial charge in [0.15, 0.2) is 5.82 Å². The summed E-state index contributed by atoms with van der Waals surface area (Å²) < 4.78 is 38.2. The highest BCUT2D eigenvalue weighted by atomic mass is 35.5. The first-order valence-corrected chi connectivity index (χ1v) is 7.70. The van der Waals surface area contributed by atoms with Gasteiger partial charge in [-0.1, -0.05) is 36.7 Å². The minimum Gasteiger partial charge on any atom is -0.258 e. The molecule has 3 nitrogen and oxygen atoms in total. The third kappa shape index (κ3) is 4.14. The molecule has 0 saturated heterocycles. The number of rotatable bonds is 5. The molecule has 1 aromatic carbocycles. The molecule has 1 heterocycles. The van der Waals surface area contributed by atoms with Gasteiger partial charge in [0.05, 0.1) is 10.6 Å². The monoisotopic (exact) mass is 335 g/mol. The van der Waals surface area contributed by atoms with Gasteiger partial charge >= 0.3 is 6.18 Å². The van der Waals surface area contributed by atoms with Crippen molar-refractivity contribution in [1.82, 2.24) is 15.2 Å². The van der Waals surface area contributed by atoms with Gasteiger partial charge in [-0.3, -0.25) is 5.10 Å². The number of thioether (sulfide) groups is 1. The standard InChI is InChI=1S/C13H13ClF3N3S/c1-2-3-6-21-12-18-11(19-20-12)9-7-8(13(15,16)17)4-5-10(9)14/h4-5,7H,2-3,6H2,1H3,(H,18,19,20). The van der Waals surface area contributed by atoms with Crippen molar-refractivity contribution >= 4 is 23.4 Å². The van der Waals surface area contributed by atoms with Crippen LogP contribution in [0.15, 0.2) is 23.4 Å². The van der Waals surface area contributed by atoms with Crippen LogP contribution in [0.25, 0.3) is 11.4 Å². The van der Waals surface area contributed by atoms with Crippen molar-refractivity contribution in [2.45, 2.75) is 31.1 Å². The van der Waals surface area contributed by atoms with Crippen molar-refractivity contribution in [2.24, 2.45) is 0 Å². The fraction of sp³-hybridized carbons (Fsp3) is 0.385. The van der Waals surface area contributed by atoms with Gasteiger partial charge < -0.3 is 0 Å². The second-order valence-corrected chi connectivity index (χ2v) is 5.83. The highest BCUT2D eigenvalue weighted by Gasteiger charge is 2.31. The first-order chi connectivity index (χ1) is 9.91. The number of alkyl halides is 3. The van der Waals surface area contributed by atoms with Gasteiger partial charge in [-0.2, -0.15) is 13.2 Å². The lowest BCUT2D eigenvalue weighted by molar-refractivity contribution is -0.137. The maximum Gasteiger partial charge on any atom is 0.416 e. The predicted molar refractivity (Wildman–Crippen MR) is 77.5 cm³/mol. The van der Waals surface area contributed by atoms with Crippen LogP contribution < -0.4 is 0 Å². The largest absolute Gasteiger partial charge is 0.416 e. The van der Waals surface area contributed by atoms with Crippen LogP contribution in [-0.2, 0) is 6.18 Å². The summed E-state index contributed by atoms with van der Waals surface area (Å²) in [6.07, 6.45) is -2.33. The molecule has 0 fully saturated rings. The molecule has 0 spiro atoms. The molecule has 0 saturated carbocycles. The van der Waals surface area contributed by atoms with E-state index in [1.165, 1.54) is 17.8 Å². The number of hydrogen-bond donors (Lipinski definition) is 1. The van der Waals surface area contributed by atoms with E-state index in [2.05, 4.69) is 22.1 Å². The summed E-state index contributed by atoms with van der Waals surface area (Å²) in [5.41, 5.74) is -0.570. The van der Waals surface area contributed by atoms with Gasteiger partial charge in [-0.25, -0.2) is 4.98 Å². The fourth-order valence-electron chi connectivity index (χ4n) is 1.62. The van der Waals surface area contributed by atoms with Gasteiger partial charge in [-0.05, 0) is 24.6 Å².